The molecule has 38 heavy (non-hydrogen) atoms. The molecule has 2 aromatic rings. The lowest BCUT2D eigenvalue weighted by molar-refractivity contribution is -0.144. The second-order valence-corrected chi connectivity index (χ2v) is 12.4. The third-order valence-electron chi connectivity index (χ3n) is 9.13. The van der Waals surface area contributed by atoms with Crippen molar-refractivity contribution < 1.29 is 24.5 Å². The van der Waals surface area contributed by atoms with Crippen molar-refractivity contribution in [2.24, 2.45) is 16.7 Å². The summed E-state index contributed by atoms with van der Waals surface area (Å²) in [5.41, 5.74) is 0.861. The summed E-state index contributed by atoms with van der Waals surface area (Å²) in [7, 11) is 0. The molecule has 1 saturated carbocycles. The van der Waals surface area contributed by atoms with Crippen molar-refractivity contribution >= 4 is 28.4 Å². The van der Waals surface area contributed by atoms with Gasteiger partial charge in [-0.05, 0) is 36.2 Å². The van der Waals surface area contributed by atoms with E-state index in [1.54, 1.807) is 4.90 Å². The highest BCUT2D eigenvalue weighted by Crippen LogP contribution is 2.62. The number of amides is 3. The lowest BCUT2D eigenvalue weighted by Gasteiger charge is -2.58. The Morgan fingerprint density at radius 2 is 1.95 bits per heavy atom. The van der Waals surface area contributed by atoms with Gasteiger partial charge < -0.3 is 25.2 Å². The highest BCUT2D eigenvalue weighted by molar-refractivity contribution is 7.15. The largest absolute Gasteiger partial charge is 0.396 e. The van der Waals surface area contributed by atoms with Gasteiger partial charge in [0.25, 0.3) is 0 Å². The number of morpholine rings is 1. The van der Waals surface area contributed by atoms with Crippen LogP contribution in [0.2, 0.25) is 0 Å². The summed E-state index contributed by atoms with van der Waals surface area (Å²) in [4.78, 5) is 33.8. The van der Waals surface area contributed by atoms with Crippen molar-refractivity contribution in [2.75, 3.05) is 38.2 Å². The Kier molecular flexibility index (Phi) is 7.77. The number of ether oxygens (including phenoxy) is 1. The van der Waals surface area contributed by atoms with Gasteiger partial charge in [0.2, 0.25) is 5.91 Å². The maximum absolute atomic E-state index is 13.3. The van der Waals surface area contributed by atoms with Gasteiger partial charge in [-0.1, -0.05) is 44.2 Å². The Morgan fingerprint density at radius 1 is 1.21 bits per heavy atom. The van der Waals surface area contributed by atoms with Crippen LogP contribution in [0.3, 0.4) is 0 Å². The Morgan fingerprint density at radius 3 is 2.66 bits per heavy atom. The van der Waals surface area contributed by atoms with Crippen LogP contribution >= 0.6 is 11.3 Å². The predicted molar refractivity (Wildman–Crippen MR) is 145 cm³/mol. The number of anilines is 1. The average Bonchev–Trinajstić information content (AvgIpc) is 3.34. The maximum atomic E-state index is 13.3. The fourth-order valence-electron chi connectivity index (χ4n) is 6.69. The molecule has 2 heterocycles. The molecule has 1 aromatic carbocycles. The first-order chi connectivity index (χ1) is 18.2. The summed E-state index contributed by atoms with van der Waals surface area (Å²) in [6, 6.07) is 9.61. The number of carbonyl (C=O) groups excluding carboxylic acids is 2. The summed E-state index contributed by atoms with van der Waals surface area (Å²) in [6.45, 7) is 6.57. The summed E-state index contributed by atoms with van der Waals surface area (Å²) in [6.07, 6.45) is 1.58. The van der Waals surface area contributed by atoms with Crippen molar-refractivity contribution in [3.8, 4) is 0 Å². The molecular formula is C28H38N4O5S. The number of thiazole rings is 1. The molecule has 3 aliphatic rings. The number of aromatic nitrogens is 1. The third-order valence-corrected chi connectivity index (χ3v) is 10.1. The number of benzene rings is 1. The zero-order valence-electron chi connectivity index (χ0n) is 22.1. The number of nitrogens with one attached hydrogen (secondary N) is 2. The molecule has 206 valence electrons. The van der Waals surface area contributed by atoms with Gasteiger partial charge in [0.15, 0.2) is 5.13 Å². The molecule has 2 fully saturated rings. The normalized spacial score (nSPS) is 30.7. The third kappa shape index (κ3) is 5.06. The first-order valence-corrected chi connectivity index (χ1v) is 14.3. The number of aliphatic hydroxyl groups is 2. The van der Waals surface area contributed by atoms with Gasteiger partial charge in [-0.3, -0.25) is 10.1 Å². The summed E-state index contributed by atoms with van der Waals surface area (Å²) in [5.74, 6) is -0.294. The fraction of sp³-hybridized carbons (Fsp3) is 0.607. The highest BCUT2D eigenvalue weighted by Gasteiger charge is 2.59. The fourth-order valence-corrected chi connectivity index (χ4v) is 7.75. The lowest BCUT2D eigenvalue weighted by atomic mass is 9.47. The Hall–Kier alpha value is -2.53. The molecule has 1 aliphatic heterocycles. The number of fused-ring (bicyclic) bond motifs is 2. The van der Waals surface area contributed by atoms with Crippen molar-refractivity contribution in [1.29, 1.82) is 0 Å². The van der Waals surface area contributed by atoms with E-state index in [0.717, 1.165) is 22.6 Å². The number of hydrogen-bond donors (Lipinski definition) is 4. The van der Waals surface area contributed by atoms with Crippen molar-refractivity contribution in [1.82, 2.24) is 15.2 Å². The van der Waals surface area contributed by atoms with E-state index in [4.69, 9.17) is 9.72 Å². The minimum absolute atomic E-state index is 0.0357. The van der Waals surface area contributed by atoms with E-state index in [1.165, 1.54) is 11.3 Å². The van der Waals surface area contributed by atoms with Gasteiger partial charge in [0.05, 0.1) is 31.6 Å². The molecule has 3 amide bonds. The van der Waals surface area contributed by atoms with Crippen LogP contribution in [0.5, 0.6) is 0 Å². The number of urea groups is 1. The van der Waals surface area contributed by atoms with E-state index in [1.807, 2.05) is 37.3 Å². The SMILES string of the molecule is CC1(CO)C(O)CCC2(C)C(CC(=O)NCc3ccccc3)c3nc(NC(=O)N4CCOCC4)sc3CC12. The molecule has 2 aliphatic carbocycles. The number of aliphatic hydroxyl groups excluding tert-OH is 2. The summed E-state index contributed by atoms with van der Waals surface area (Å²) in [5, 5.41) is 28.0. The van der Waals surface area contributed by atoms with Crippen LogP contribution in [0.15, 0.2) is 30.3 Å². The quantitative estimate of drug-likeness (QED) is 0.445. The van der Waals surface area contributed by atoms with Gasteiger partial charge in [-0.2, -0.15) is 0 Å². The molecule has 0 spiro atoms. The summed E-state index contributed by atoms with van der Waals surface area (Å²) >= 11 is 1.44. The van der Waals surface area contributed by atoms with Crippen LogP contribution in [0.1, 0.15) is 55.2 Å². The van der Waals surface area contributed by atoms with E-state index in [0.29, 0.717) is 50.8 Å². The minimum atomic E-state index is -0.690. The minimum Gasteiger partial charge on any atom is -0.396 e. The first-order valence-electron chi connectivity index (χ1n) is 13.5. The molecule has 5 atom stereocenters. The maximum Gasteiger partial charge on any atom is 0.323 e. The van der Waals surface area contributed by atoms with E-state index in [-0.39, 0.29) is 42.2 Å². The molecule has 1 saturated heterocycles. The number of hydrogen-bond acceptors (Lipinski definition) is 7. The molecule has 0 radical (unpaired) electrons. The molecular weight excluding hydrogens is 504 g/mol. The van der Waals surface area contributed by atoms with Crippen LogP contribution in [0.4, 0.5) is 9.93 Å². The van der Waals surface area contributed by atoms with Gasteiger partial charge in [0, 0.05) is 42.3 Å². The number of rotatable bonds is 6. The Balaban J connectivity index is 1.42. The second kappa shape index (κ2) is 10.9. The summed E-state index contributed by atoms with van der Waals surface area (Å²) < 4.78 is 5.36. The molecule has 4 N–H and O–H groups in total. The molecule has 9 nitrogen and oxygen atoms in total. The molecule has 5 unspecified atom stereocenters. The zero-order valence-corrected chi connectivity index (χ0v) is 22.9. The topological polar surface area (TPSA) is 124 Å². The highest BCUT2D eigenvalue weighted by atomic mass is 32.1. The van der Waals surface area contributed by atoms with Crippen molar-refractivity contribution in [3.05, 3.63) is 46.5 Å². The van der Waals surface area contributed by atoms with Gasteiger partial charge in [-0.25, -0.2) is 9.78 Å². The van der Waals surface area contributed by atoms with E-state index in [2.05, 4.69) is 17.6 Å². The molecule has 0 bridgehead atoms. The Bertz CT molecular complexity index is 1150. The van der Waals surface area contributed by atoms with Gasteiger partial charge in [-0.15, -0.1) is 11.3 Å². The smallest absolute Gasteiger partial charge is 0.323 e. The molecule has 5 rings (SSSR count). The second-order valence-electron chi connectivity index (χ2n) is 11.4. The predicted octanol–water partition coefficient (Wildman–Crippen LogP) is 3.13. The average molecular weight is 543 g/mol. The lowest BCUT2D eigenvalue weighted by Crippen LogP contribution is -2.57. The van der Waals surface area contributed by atoms with Crippen LogP contribution in [0, 0.1) is 16.7 Å². The Labute approximate surface area is 227 Å². The van der Waals surface area contributed by atoms with Crippen LogP contribution in [0.25, 0.3) is 0 Å². The van der Waals surface area contributed by atoms with Gasteiger partial charge in [0.1, 0.15) is 0 Å². The van der Waals surface area contributed by atoms with E-state index >= 15 is 0 Å². The van der Waals surface area contributed by atoms with Gasteiger partial charge >= 0.3 is 6.03 Å². The standard InChI is InChI=1S/C28H38N4O5S/c1-27-9-8-22(34)28(2,17-33)21(27)15-20-24(19(27)14-23(35)29-16-18-6-4-3-5-7-18)30-25(38-20)31-26(36)32-10-12-37-13-11-32/h3-7,19,21-22,33-34H,8-17H2,1-2H3,(H,29,35)(H,30,31,36). The van der Waals surface area contributed by atoms with E-state index < -0.39 is 11.5 Å². The van der Waals surface area contributed by atoms with Crippen molar-refractivity contribution in [2.45, 2.75) is 58.1 Å². The number of carbonyl (C=O) groups is 2. The van der Waals surface area contributed by atoms with Crippen LogP contribution < -0.4 is 10.6 Å². The van der Waals surface area contributed by atoms with E-state index in [9.17, 15) is 19.8 Å². The zero-order chi connectivity index (χ0) is 26.9. The number of nitrogens with zero attached hydrogens (tertiary/aromatic N) is 2. The van der Waals surface area contributed by atoms with Crippen LogP contribution in [-0.2, 0) is 22.5 Å². The van der Waals surface area contributed by atoms with Crippen LogP contribution in [-0.4, -0.2) is 71.0 Å². The van der Waals surface area contributed by atoms with Crippen molar-refractivity contribution in [3.63, 3.8) is 0 Å². The first kappa shape index (κ1) is 27.1. The molecule has 10 heteroatoms. The molecule has 1 aromatic heterocycles. The monoisotopic (exact) mass is 542 g/mol.